The molecule has 0 aliphatic carbocycles. The number of anilines is 1. The Labute approximate surface area is 115 Å². The van der Waals surface area contributed by atoms with Crippen molar-refractivity contribution in [3.05, 3.63) is 22.1 Å². The number of aromatic nitrogens is 3. The third-order valence-electron chi connectivity index (χ3n) is 2.96. The van der Waals surface area contributed by atoms with Gasteiger partial charge < -0.3 is 10.4 Å². The Balaban J connectivity index is 2.31. The van der Waals surface area contributed by atoms with Crippen LogP contribution in [0.15, 0.2) is 10.9 Å². The molecule has 0 aliphatic rings. The summed E-state index contributed by atoms with van der Waals surface area (Å²) in [7, 11) is 0. The molecule has 2 aromatic rings. The third-order valence-corrected chi connectivity index (χ3v) is 3.80. The number of nitrogens with one attached hydrogen (secondary N) is 1. The van der Waals surface area contributed by atoms with Crippen LogP contribution in [0.3, 0.4) is 0 Å². The molecule has 0 saturated heterocycles. The molecule has 0 saturated carbocycles. The van der Waals surface area contributed by atoms with Gasteiger partial charge in [0.1, 0.15) is 0 Å². The molecule has 2 heterocycles. The van der Waals surface area contributed by atoms with Crippen LogP contribution in [0.2, 0.25) is 0 Å². The first-order valence-corrected chi connectivity index (χ1v) is 7.26. The van der Waals surface area contributed by atoms with Gasteiger partial charge in [0.05, 0.1) is 0 Å². The van der Waals surface area contributed by atoms with E-state index in [1.807, 2.05) is 13.8 Å². The highest BCUT2D eigenvalue weighted by Crippen LogP contribution is 2.19. The molecule has 0 fully saturated rings. The fourth-order valence-electron chi connectivity index (χ4n) is 1.80. The zero-order valence-electron chi connectivity index (χ0n) is 11.1. The zero-order valence-corrected chi connectivity index (χ0v) is 11.9. The van der Waals surface area contributed by atoms with E-state index in [1.165, 1.54) is 21.9 Å². The Morgan fingerprint density at radius 3 is 2.95 bits per heavy atom. The number of hydrogen-bond donors (Lipinski definition) is 2. The molecule has 19 heavy (non-hydrogen) atoms. The second-order valence-electron chi connectivity index (χ2n) is 4.30. The highest BCUT2D eigenvalue weighted by Gasteiger charge is 2.11. The fraction of sp³-hybridized carbons (Fsp3) is 0.583. The Kier molecular flexibility index (Phi) is 4.49. The van der Waals surface area contributed by atoms with Gasteiger partial charge in [-0.3, -0.25) is 4.79 Å². The number of aliphatic hydroxyl groups is 1. The second kappa shape index (κ2) is 6.12. The van der Waals surface area contributed by atoms with Crippen molar-refractivity contribution in [2.45, 2.75) is 39.2 Å². The van der Waals surface area contributed by atoms with Gasteiger partial charge in [-0.15, -0.1) is 5.10 Å². The van der Waals surface area contributed by atoms with Crippen molar-refractivity contribution in [2.24, 2.45) is 0 Å². The van der Waals surface area contributed by atoms with Crippen LogP contribution < -0.4 is 10.9 Å². The van der Waals surface area contributed by atoms with Crippen LogP contribution in [0.5, 0.6) is 0 Å². The molecule has 2 aromatic heterocycles. The molecule has 2 N–H and O–H groups in total. The minimum absolute atomic E-state index is 0.134. The number of hydrogen-bond acceptors (Lipinski definition) is 6. The molecule has 1 atom stereocenters. The van der Waals surface area contributed by atoms with Crippen molar-refractivity contribution in [1.82, 2.24) is 14.6 Å². The van der Waals surface area contributed by atoms with E-state index in [1.54, 1.807) is 0 Å². The summed E-state index contributed by atoms with van der Waals surface area (Å²) in [5, 5.41) is 17.1. The summed E-state index contributed by atoms with van der Waals surface area (Å²) in [6, 6.07) is 1.67. The molecule has 0 bridgehead atoms. The van der Waals surface area contributed by atoms with Crippen LogP contribution in [0.1, 0.15) is 32.4 Å². The largest absolute Gasteiger partial charge is 0.396 e. The second-order valence-corrected chi connectivity index (χ2v) is 5.26. The maximum absolute atomic E-state index is 11.9. The van der Waals surface area contributed by atoms with Crippen molar-refractivity contribution in [2.75, 3.05) is 11.9 Å². The zero-order chi connectivity index (χ0) is 13.8. The highest BCUT2D eigenvalue weighted by atomic mass is 32.1. The molecule has 6 nitrogen and oxygen atoms in total. The van der Waals surface area contributed by atoms with E-state index in [4.69, 9.17) is 5.11 Å². The number of nitrogens with zero attached hydrogens (tertiary/aromatic N) is 3. The van der Waals surface area contributed by atoms with Gasteiger partial charge >= 0.3 is 0 Å². The lowest BCUT2D eigenvalue weighted by Crippen LogP contribution is -2.20. The maximum atomic E-state index is 11.9. The van der Waals surface area contributed by atoms with Crippen molar-refractivity contribution in [3.63, 3.8) is 0 Å². The summed E-state index contributed by atoms with van der Waals surface area (Å²) in [4.78, 5) is 16.8. The minimum Gasteiger partial charge on any atom is -0.396 e. The van der Waals surface area contributed by atoms with Gasteiger partial charge in [0, 0.05) is 24.4 Å². The van der Waals surface area contributed by atoms with Crippen molar-refractivity contribution >= 4 is 21.4 Å². The molecular weight excluding hydrogens is 264 g/mol. The summed E-state index contributed by atoms with van der Waals surface area (Å²) < 4.78 is 1.32. The number of fused-ring (bicyclic) bond motifs is 1. The molecule has 0 radical (unpaired) electrons. The molecule has 7 heteroatoms. The Hall–Kier alpha value is -1.47. The Bertz CT molecular complexity index is 607. The van der Waals surface area contributed by atoms with Crippen molar-refractivity contribution < 1.29 is 5.11 Å². The Morgan fingerprint density at radius 2 is 2.32 bits per heavy atom. The van der Waals surface area contributed by atoms with Crippen molar-refractivity contribution in [1.29, 1.82) is 0 Å². The normalized spacial score (nSPS) is 12.8. The average molecular weight is 282 g/mol. The first kappa shape index (κ1) is 14.0. The van der Waals surface area contributed by atoms with Gasteiger partial charge in [-0.1, -0.05) is 25.2 Å². The van der Waals surface area contributed by atoms with E-state index in [0.717, 1.165) is 18.5 Å². The van der Waals surface area contributed by atoms with E-state index in [0.29, 0.717) is 16.5 Å². The summed E-state index contributed by atoms with van der Waals surface area (Å²) in [5.41, 5.74) is 0.629. The van der Waals surface area contributed by atoms with Gasteiger partial charge in [0.15, 0.2) is 0 Å². The van der Waals surface area contributed by atoms with E-state index < -0.39 is 0 Å². The van der Waals surface area contributed by atoms with Gasteiger partial charge in [-0.05, 0) is 19.3 Å². The number of rotatable bonds is 6. The topological polar surface area (TPSA) is 79.5 Å². The van der Waals surface area contributed by atoms with Gasteiger partial charge in [-0.25, -0.2) is 4.98 Å². The molecule has 1 unspecified atom stereocenters. The van der Waals surface area contributed by atoms with Gasteiger partial charge in [0.2, 0.25) is 10.1 Å². The number of aliphatic hydroxyl groups excluding tert-OH is 1. The van der Waals surface area contributed by atoms with Crippen LogP contribution in [0.4, 0.5) is 5.13 Å². The summed E-state index contributed by atoms with van der Waals surface area (Å²) in [6.07, 6.45) is 2.28. The first-order valence-electron chi connectivity index (χ1n) is 6.45. The average Bonchev–Trinajstić information content (AvgIpc) is 2.81. The van der Waals surface area contributed by atoms with Crippen LogP contribution in [0, 0.1) is 0 Å². The van der Waals surface area contributed by atoms with Crippen LogP contribution in [-0.2, 0) is 6.42 Å². The van der Waals surface area contributed by atoms with E-state index in [-0.39, 0.29) is 18.2 Å². The molecular formula is C12H18N4O2S. The predicted molar refractivity (Wildman–Crippen MR) is 75.9 cm³/mol. The van der Waals surface area contributed by atoms with Gasteiger partial charge in [-0.2, -0.15) is 4.52 Å². The van der Waals surface area contributed by atoms with Crippen molar-refractivity contribution in [3.8, 4) is 0 Å². The summed E-state index contributed by atoms with van der Waals surface area (Å²) >= 11 is 1.36. The quantitative estimate of drug-likeness (QED) is 0.834. The fourth-order valence-corrected chi connectivity index (χ4v) is 2.71. The lowest BCUT2D eigenvalue weighted by atomic mass is 10.2. The van der Waals surface area contributed by atoms with Gasteiger partial charge in [0.25, 0.3) is 5.56 Å². The molecule has 0 amide bonds. The Morgan fingerprint density at radius 1 is 1.53 bits per heavy atom. The van der Waals surface area contributed by atoms with E-state index >= 15 is 0 Å². The predicted octanol–water partition coefficient (Wildman–Crippen LogP) is 1.29. The highest BCUT2D eigenvalue weighted by molar-refractivity contribution is 7.20. The number of aryl methyl sites for hydroxylation is 1. The summed E-state index contributed by atoms with van der Waals surface area (Å²) in [6.45, 7) is 4.14. The van der Waals surface area contributed by atoms with Crippen LogP contribution in [-0.4, -0.2) is 32.4 Å². The molecule has 104 valence electrons. The van der Waals surface area contributed by atoms with Crippen LogP contribution in [0.25, 0.3) is 4.96 Å². The monoisotopic (exact) mass is 282 g/mol. The lowest BCUT2D eigenvalue weighted by Gasteiger charge is -2.13. The molecule has 2 rings (SSSR count). The molecule has 0 aliphatic heterocycles. The third kappa shape index (κ3) is 3.10. The van der Waals surface area contributed by atoms with E-state index in [9.17, 15) is 4.79 Å². The maximum Gasteiger partial charge on any atom is 0.275 e. The first-order chi connectivity index (χ1) is 9.17. The smallest absolute Gasteiger partial charge is 0.275 e. The standard InChI is InChI=1S/C12H18N4O2S/c1-3-8(5-6-17)13-11-15-16-10(18)7-9(4-2)14-12(16)19-11/h7-8,17H,3-6H2,1-2H3,(H,13,15). The van der Waals surface area contributed by atoms with Crippen LogP contribution >= 0.6 is 11.3 Å². The molecule has 0 aromatic carbocycles. The SMILES string of the molecule is CCc1cc(=O)n2nc(NC(CC)CCO)sc2n1. The van der Waals surface area contributed by atoms with E-state index in [2.05, 4.69) is 15.4 Å². The summed E-state index contributed by atoms with van der Waals surface area (Å²) in [5.74, 6) is 0. The minimum atomic E-state index is -0.152. The molecule has 0 spiro atoms. The lowest BCUT2D eigenvalue weighted by molar-refractivity contribution is 0.278.